The Hall–Kier alpha value is -0.740. The van der Waals surface area contributed by atoms with E-state index in [9.17, 15) is 13.2 Å². The van der Waals surface area contributed by atoms with Crippen molar-refractivity contribution >= 4 is 38.9 Å². The van der Waals surface area contributed by atoms with E-state index in [-0.39, 0.29) is 27.5 Å². The van der Waals surface area contributed by atoms with Gasteiger partial charge in [0.25, 0.3) is 10.0 Å². The summed E-state index contributed by atoms with van der Waals surface area (Å²) in [6.07, 6.45) is 0.116. The second-order valence-corrected chi connectivity index (χ2v) is 8.02. The van der Waals surface area contributed by atoms with Gasteiger partial charge in [0, 0.05) is 26.1 Å². The topological polar surface area (TPSA) is 88.6 Å². The number of ether oxygens (including phenoxy) is 1. The number of amides is 1. The molecule has 1 amide bonds. The minimum atomic E-state index is -3.67. The molecule has 0 saturated carbocycles. The Labute approximate surface area is 132 Å². The number of carbonyl (C=O) groups is 1. The average molecular weight is 354 g/mol. The lowest BCUT2D eigenvalue weighted by molar-refractivity contribution is -0.135. The quantitative estimate of drug-likeness (QED) is 0.838. The molecule has 0 atom stereocenters. The number of carbonyl (C=O) groups excluding carboxylic acids is 1. The lowest BCUT2D eigenvalue weighted by Gasteiger charge is -2.26. The van der Waals surface area contributed by atoms with Crippen LogP contribution in [0.5, 0.6) is 0 Å². The number of rotatable bonds is 5. The molecule has 1 aliphatic rings. The molecule has 2 rings (SSSR count). The molecule has 1 aromatic rings. The Bertz CT molecular complexity index is 611. The summed E-state index contributed by atoms with van der Waals surface area (Å²) in [6.45, 7) is 3.78. The standard InChI is InChI=1S/C11H16ClN3O4S2/c1-8-10(20-11(12)14-8)21(17,18)13-3-2-9(16)15-4-6-19-7-5-15/h13H,2-7H2,1H3. The molecule has 21 heavy (non-hydrogen) atoms. The van der Waals surface area contributed by atoms with Gasteiger partial charge in [-0.1, -0.05) is 22.9 Å². The molecule has 1 N–H and O–H groups in total. The normalized spacial score (nSPS) is 16.2. The second kappa shape index (κ2) is 7.01. The van der Waals surface area contributed by atoms with Gasteiger partial charge in [-0.2, -0.15) is 0 Å². The first-order valence-electron chi connectivity index (χ1n) is 6.38. The van der Waals surface area contributed by atoms with Crippen LogP contribution >= 0.6 is 22.9 Å². The molecule has 0 bridgehead atoms. The zero-order valence-corrected chi connectivity index (χ0v) is 13.9. The molecule has 118 valence electrons. The summed E-state index contributed by atoms with van der Waals surface area (Å²) in [5, 5.41) is 0. The zero-order valence-electron chi connectivity index (χ0n) is 11.5. The number of halogens is 1. The van der Waals surface area contributed by atoms with Crippen molar-refractivity contribution in [2.24, 2.45) is 0 Å². The summed E-state index contributed by atoms with van der Waals surface area (Å²) in [6, 6.07) is 0. The fourth-order valence-corrected chi connectivity index (χ4v) is 4.74. The molecule has 0 spiro atoms. The van der Waals surface area contributed by atoms with Crippen LogP contribution in [0.3, 0.4) is 0 Å². The third-order valence-electron chi connectivity index (χ3n) is 2.97. The Morgan fingerprint density at radius 3 is 2.71 bits per heavy atom. The van der Waals surface area contributed by atoms with Gasteiger partial charge < -0.3 is 9.64 Å². The third kappa shape index (κ3) is 4.36. The minimum Gasteiger partial charge on any atom is -0.378 e. The number of aryl methyl sites for hydroxylation is 1. The van der Waals surface area contributed by atoms with Gasteiger partial charge in [0.2, 0.25) is 5.91 Å². The Kier molecular flexibility index (Phi) is 5.55. The predicted octanol–water partition coefficient (Wildman–Crippen LogP) is 0.632. The van der Waals surface area contributed by atoms with E-state index in [1.165, 1.54) is 0 Å². The van der Waals surface area contributed by atoms with Gasteiger partial charge in [-0.25, -0.2) is 18.1 Å². The van der Waals surface area contributed by atoms with Crippen molar-refractivity contribution in [3.63, 3.8) is 0 Å². The first kappa shape index (κ1) is 16.6. The van der Waals surface area contributed by atoms with Gasteiger partial charge in [0.15, 0.2) is 8.68 Å². The fraction of sp³-hybridized carbons (Fsp3) is 0.636. The molecule has 10 heteroatoms. The number of aromatic nitrogens is 1. The third-order valence-corrected chi connectivity index (χ3v) is 6.30. The lowest BCUT2D eigenvalue weighted by atomic mass is 10.3. The van der Waals surface area contributed by atoms with Gasteiger partial charge in [0.1, 0.15) is 0 Å². The molecule has 0 unspecified atom stereocenters. The van der Waals surface area contributed by atoms with E-state index in [2.05, 4.69) is 9.71 Å². The molecule has 1 aromatic heterocycles. The van der Waals surface area contributed by atoms with Crippen molar-refractivity contribution in [1.82, 2.24) is 14.6 Å². The molecule has 1 aliphatic heterocycles. The second-order valence-electron chi connectivity index (χ2n) is 4.48. The van der Waals surface area contributed by atoms with Crippen LogP contribution in [0.15, 0.2) is 4.21 Å². The molecular formula is C11H16ClN3O4S2. The summed E-state index contributed by atoms with van der Waals surface area (Å²) in [7, 11) is -3.67. The molecule has 1 saturated heterocycles. The van der Waals surface area contributed by atoms with E-state index in [4.69, 9.17) is 16.3 Å². The fourth-order valence-electron chi connectivity index (χ4n) is 1.93. The molecule has 2 heterocycles. The Balaban J connectivity index is 1.87. The highest BCUT2D eigenvalue weighted by molar-refractivity contribution is 7.91. The number of sulfonamides is 1. The number of hydrogen-bond donors (Lipinski definition) is 1. The van der Waals surface area contributed by atoms with E-state index in [0.29, 0.717) is 32.0 Å². The maximum absolute atomic E-state index is 12.1. The predicted molar refractivity (Wildman–Crippen MR) is 79.1 cm³/mol. The van der Waals surface area contributed by atoms with Crippen molar-refractivity contribution in [3.05, 3.63) is 10.2 Å². The van der Waals surface area contributed by atoms with E-state index in [1.807, 2.05) is 0 Å². The van der Waals surface area contributed by atoms with Crippen molar-refractivity contribution in [2.45, 2.75) is 17.6 Å². The summed E-state index contributed by atoms with van der Waals surface area (Å²) in [4.78, 5) is 17.4. The van der Waals surface area contributed by atoms with Crippen molar-refractivity contribution in [1.29, 1.82) is 0 Å². The van der Waals surface area contributed by atoms with Gasteiger partial charge in [-0.3, -0.25) is 4.79 Å². The van der Waals surface area contributed by atoms with Crippen LogP contribution in [0.2, 0.25) is 4.47 Å². The van der Waals surface area contributed by atoms with Crippen molar-refractivity contribution in [3.8, 4) is 0 Å². The first-order valence-corrected chi connectivity index (χ1v) is 9.06. The van der Waals surface area contributed by atoms with E-state index < -0.39 is 10.0 Å². The van der Waals surface area contributed by atoms with Crippen molar-refractivity contribution in [2.75, 3.05) is 32.8 Å². The van der Waals surface area contributed by atoms with Gasteiger partial charge in [-0.05, 0) is 6.92 Å². The number of hydrogen-bond acceptors (Lipinski definition) is 6. The van der Waals surface area contributed by atoms with Crippen LogP contribution < -0.4 is 4.72 Å². The highest BCUT2D eigenvalue weighted by atomic mass is 35.5. The number of nitrogens with one attached hydrogen (secondary N) is 1. The number of morpholine rings is 1. The van der Waals surface area contributed by atoms with Crippen LogP contribution in [0.25, 0.3) is 0 Å². The molecule has 0 radical (unpaired) electrons. The van der Waals surface area contributed by atoms with Gasteiger partial charge in [-0.15, -0.1) is 0 Å². The highest BCUT2D eigenvalue weighted by Crippen LogP contribution is 2.26. The molecule has 0 aromatic carbocycles. The van der Waals surface area contributed by atoms with Crippen LogP contribution in [-0.2, 0) is 19.6 Å². The van der Waals surface area contributed by atoms with Crippen molar-refractivity contribution < 1.29 is 17.9 Å². The summed E-state index contributed by atoms with van der Waals surface area (Å²) in [5.74, 6) is -0.0833. The molecule has 0 aliphatic carbocycles. The largest absolute Gasteiger partial charge is 0.378 e. The van der Waals surface area contributed by atoms with Crippen LogP contribution in [-0.4, -0.2) is 57.1 Å². The highest BCUT2D eigenvalue weighted by Gasteiger charge is 2.22. The maximum atomic E-state index is 12.1. The zero-order chi connectivity index (χ0) is 15.5. The summed E-state index contributed by atoms with van der Waals surface area (Å²) >= 11 is 6.60. The van der Waals surface area contributed by atoms with Crippen LogP contribution in [0.4, 0.5) is 0 Å². The number of thiazole rings is 1. The maximum Gasteiger partial charge on any atom is 0.251 e. The monoisotopic (exact) mass is 353 g/mol. The SMILES string of the molecule is Cc1nc(Cl)sc1S(=O)(=O)NCCC(=O)N1CCOCC1. The molecular weight excluding hydrogens is 338 g/mol. The Morgan fingerprint density at radius 1 is 1.48 bits per heavy atom. The smallest absolute Gasteiger partial charge is 0.251 e. The molecule has 7 nitrogen and oxygen atoms in total. The van der Waals surface area contributed by atoms with Gasteiger partial charge >= 0.3 is 0 Å². The van der Waals surface area contributed by atoms with E-state index >= 15 is 0 Å². The van der Waals surface area contributed by atoms with Gasteiger partial charge in [0.05, 0.1) is 18.9 Å². The molecule has 1 fully saturated rings. The average Bonchev–Trinajstić information content (AvgIpc) is 2.79. The van der Waals surface area contributed by atoms with Crippen LogP contribution in [0.1, 0.15) is 12.1 Å². The first-order chi connectivity index (χ1) is 9.90. The van der Waals surface area contributed by atoms with E-state index in [0.717, 1.165) is 11.3 Å². The lowest BCUT2D eigenvalue weighted by Crippen LogP contribution is -2.42. The number of nitrogens with zero attached hydrogens (tertiary/aromatic N) is 2. The van der Waals surface area contributed by atoms with Crippen LogP contribution in [0, 0.1) is 6.92 Å². The Morgan fingerprint density at radius 2 is 2.14 bits per heavy atom. The van der Waals surface area contributed by atoms with E-state index in [1.54, 1.807) is 11.8 Å². The summed E-state index contributed by atoms with van der Waals surface area (Å²) < 4.78 is 32.0. The minimum absolute atomic E-state index is 0.0491. The summed E-state index contributed by atoms with van der Waals surface area (Å²) in [5.41, 5.74) is 0.358.